The molecule has 9 heteroatoms. The first-order valence-electron chi connectivity index (χ1n) is 8.39. The molecule has 2 aromatic rings. The summed E-state index contributed by atoms with van der Waals surface area (Å²) in [6.45, 7) is 3.20. The molecule has 26 heavy (non-hydrogen) atoms. The van der Waals surface area contributed by atoms with Crippen LogP contribution in [0.2, 0.25) is 0 Å². The van der Waals surface area contributed by atoms with Crippen molar-refractivity contribution in [2.24, 2.45) is 11.7 Å². The summed E-state index contributed by atoms with van der Waals surface area (Å²) in [4.78, 5) is 25.3. The Kier molecular flexibility index (Phi) is 6.10. The van der Waals surface area contributed by atoms with Gasteiger partial charge in [-0.15, -0.1) is 10.2 Å². The van der Waals surface area contributed by atoms with Gasteiger partial charge in [-0.05, 0) is 31.4 Å². The van der Waals surface area contributed by atoms with Crippen LogP contribution in [0, 0.1) is 12.8 Å². The molecule has 1 aromatic carbocycles. The van der Waals surface area contributed by atoms with E-state index in [0.717, 1.165) is 15.6 Å². The number of hydrogen-bond acceptors (Lipinski definition) is 7. The molecular formula is C17H21N5O2S2. The highest BCUT2D eigenvalue weighted by Crippen LogP contribution is 2.29. The summed E-state index contributed by atoms with van der Waals surface area (Å²) < 4.78 is 0.751. The van der Waals surface area contributed by atoms with E-state index in [1.54, 1.807) is 4.90 Å². The van der Waals surface area contributed by atoms with Gasteiger partial charge in [-0.1, -0.05) is 41.3 Å². The molecule has 0 unspecified atom stereocenters. The molecule has 1 aromatic heterocycles. The number of anilines is 2. The topological polar surface area (TPSA) is 101 Å². The third kappa shape index (κ3) is 4.73. The van der Waals surface area contributed by atoms with Crippen LogP contribution in [0.4, 0.5) is 10.8 Å². The van der Waals surface area contributed by atoms with Crippen LogP contribution >= 0.6 is 23.1 Å². The summed E-state index contributed by atoms with van der Waals surface area (Å²) >= 11 is 2.81. The van der Waals surface area contributed by atoms with Gasteiger partial charge >= 0.3 is 0 Å². The number of carbonyl (C=O) groups excluding carboxylic acids is 2. The number of aromatic nitrogens is 2. The van der Waals surface area contributed by atoms with Crippen LogP contribution in [0.25, 0.3) is 0 Å². The van der Waals surface area contributed by atoms with E-state index in [4.69, 9.17) is 5.73 Å². The Bertz CT molecular complexity index is 787. The van der Waals surface area contributed by atoms with E-state index in [2.05, 4.69) is 15.5 Å². The first kappa shape index (κ1) is 18.7. The van der Waals surface area contributed by atoms with E-state index in [9.17, 15) is 9.59 Å². The lowest BCUT2D eigenvalue weighted by Gasteiger charge is -2.30. The minimum Gasteiger partial charge on any atom is -0.369 e. The zero-order chi connectivity index (χ0) is 18.5. The van der Waals surface area contributed by atoms with Gasteiger partial charge in [-0.25, -0.2) is 0 Å². The van der Waals surface area contributed by atoms with Crippen molar-refractivity contribution in [1.82, 2.24) is 15.1 Å². The molecule has 0 radical (unpaired) electrons. The number of benzene rings is 1. The molecule has 0 saturated carbocycles. The minimum atomic E-state index is -0.269. The van der Waals surface area contributed by atoms with Gasteiger partial charge in [0.2, 0.25) is 16.9 Å². The van der Waals surface area contributed by atoms with Crippen molar-refractivity contribution in [3.05, 3.63) is 29.8 Å². The summed E-state index contributed by atoms with van der Waals surface area (Å²) in [6.07, 6.45) is 1.30. The van der Waals surface area contributed by atoms with Crippen LogP contribution in [0.1, 0.15) is 18.4 Å². The average Bonchev–Trinajstić information content (AvgIpc) is 3.09. The summed E-state index contributed by atoms with van der Waals surface area (Å²) in [5.41, 5.74) is 7.45. The molecule has 1 aliphatic rings. The van der Waals surface area contributed by atoms with Gasteiger partial charge in [0.15, 0.2) is 4.34 Å². The number of primary amides is 1. The molecule has 0 bridgehead atoms. The second kappa shape index (κ2) is 8.50. The van der Waals surface area contributed by atoms with Crippen LogP contribution in [0.3, 0.4) is 0 Å². The molecule has 3 rings (SSSR count). The molecule has 0 spiro atoms. The Morgan fingerprint density at radius 3 is 2.73 bits per heavy atom. The van der Waals surface area contributed by atoms with Crippen LogP contribution in [0.15, 0.2) is 28.6 Å². The highest BCUT2D eigenvalue weighted by Gasteiger charge is 2.25. The Hall–Kier alpha value is -2.13. The van der Waals surface area contributed by atoms with Gasteiger partial charge < -0.3 is 16.0 Å². The predicted octanol–water partition coefficient (Wildman–Crippen LogP) is 2.41. The van der Waals surface area contributed by atoms with Crippen molar-refractivity contribution in [3.63, 3.8) is 0 Å². The van der Waals surface area contributed by atoms with E-state index in [1.165, 1.54) is 23.1 Å². The summed E-state index contributed by atoms with van der Waals surface area (Å²) in [5.74, 6) is 0.000689. The first-order valence-corrected chi connectivity index (χ1v) is 10.2. The minimum absolute atomic E-state index is 0.0570. The van der Waals surface area contributed by atoms with Crippen molar-refractivity contribution in [2.45, 2.75) is 24.1 Å². The number of aryl methyl sites for hydroxylation is 1. The smallest absolute Gasteiger partial charge is 0.233 e. The number of carbonyl (C=O) groups is 2. The Labute approximate surface area is 160 Å². The van der Waals surface area contributed by atoms with Crippen LogP contribution in [0.5, 0.6) is 0 Å². The lowest BCUT2D eigenvalue weighted by atomic mass is 9.96. The largest absolute Gasteiger partial charge is 0.369 e. The van der Waals surface area contributed by atoms with Crippen molar-refractivity contribution < 1.29 is 9.59 Å². The van der Waals surface area contributed by atoms with Crippen molar-refractivity contribution in [1.29, 1.82) is 0 Å². The van der Waals surface area contributed by atoms with Gasteiger partial charge in [0, 0.05) is 24.7 Å². The van der Waals surface area contributed by atoms with Crippen LogP contribution < -0.4 is 11.1 Å². The summed E-state index contributed by atoms with van der Waals surface area (Å²) in [7, 11) is 0. The SMILES string of the molecule is Cc1ccccc1Nc1nnc(SCC(=O)N2CCC(C(N)=O)CC2)s1. The number of nitrogens with two attached hydrogens (primary N) is 1. The van der Waals surface area contributed by atoms with E-state index >= 15 is 0 Å². The van der Waals surface area contributed by atoms with Gasteiger partial charge in [-0.2, -0.15) is 0 Å². The van der Waals surface area contributed by atoms with Crippen molar-refractivity contribution in [2.75, 3.05) is 24.2 Å². The Morgan fingerprint density at radius 2 is 2.04 bits per heavy atom. The monoisotopic (exact) mass is 391 g/mol. The van der Waals surface area contributed by atoms with E-state index in [0.29, 0.717) is 36.8 Å². The maximum Gasteiger partial charge on any atom is 0.233 e. The molecule has 2 heterocycles. The number of thioether (sulfide) groups is 1. The summed E-state index contributed by atoms with van der Waals surface area (Å²) in [6, 6.07) is 7.97. The van der Waals surface area contributed by atoms with Crippen LogP contribution in [-0.2, 0) is 9.59 Å². The fraction of sp³-hybridized carbons (Fsp3) is 0.412. The molecule has 138 valence electrons. The molecule has 0 aliphatic carbocycles. The second-order valence-corrected chi connectivity index (χ2v) is 8.36. The quantitative estimate of drug-likeness (QED) is 0.733. The number of hydrogen-bond donors (Lipinski definition) is 2. The summed E-state index contributed by atoms with van der Waals surface area (Å²) in [5, 5.41) is 12.2. The molecule has 1 saturated heterocycles. The van der Waals surface area contributed by atoms with Gasteiger partial charge in [-0.3, -0.25) is 9.59 Å². The van der Waals surface area contributed by atoms with Gasteiger partial charge in [0.1, 0.15) is 0 Å². The number of nitrogens with zero attached hydrogens (tertiary/aromatic N) is 3. The zero-order valence-electron chi connectivity index (χ0n) is 14.5. The van der Waals surface area contributed by atoms with E-state index in [-0.39, 0.29) is 17.7 Å². The lowest BCUT2D eigenvalue weighted by Crippen LogP contribution is -2.42. The standard InChI is InChI=1S/C17H21N5O2S2/c1-11-4-2-3-5-13(11)19-16-20-21-17(26-16)25-10-14(23)22-8-6-12(7-9-22)15(18)24/h2-5,12H,6-10H2,1H3,(H2,18,24)(H,19,20). The van der Waals surface area contributed by atoms with Crippen LogP contribution in [-0.4, -0.2) is 45.8 Å². The van der Waals surface area contributed by atoms with E-state index in [1.807, 2.05) is 31.2 Å². The van der Waals surface area contributed by atoms with Gasteiger partial charge in [0.25, 0.3) is 0 Å². The maximum atomic E-state index is 12.3. The maximum absolute atomic E-state index is 12.3. The third-order valence-corrected chi connectivity index (χ3v) is 6.32. The number of likely N-dealkylation sites (tertiary alicyclic amines) is 1. The zero-order valence-corrected chi connectivity index (χ0v) is 16.1. The fourth-order valence-corrected chi connectivity index (χ4v) is 4.44. The average molecular weight is 392 g/mol. The number of piperidine rings is 1. The number of nitrogens with one attached hydrogen (secondary N) is 1. The molecule has 0 atom stereocenters. The third-order valence-electron chi connectivity index (χ3n) is 4.36. The number of amides is 2. The molecular weight excluding hydrogens is 370 g/mol. The highest BCUT2D eigenvalue weighted by atomic mass is 32.2. The molecule has 7 nitrogen and oxygen atoms in total. The molecule has 1 aliphatic heterocycles. The molecule has 3 N–H and O–H groups in total. The Balaban J connectivity index is 1.48. The number of para-hydroxylation sites is 1. The van der Waals surface area contributed by atoms with Gasteiger partial charge in [0.05, 0.1) is 5.75 Å². The lowest BCUT2D eigenvalue weighted by molar-refractivity contribution is -0.132. The van der Waals surface area contributed by atoms with Crippen molar-refractivity contribution in [3.8, 4) is 0 Å². The second-order valence-electron chi connectivity index (χ2n) is 6.16. The van der Waals surface area contributed by atoms with E-state index < -0.39 is 0 Å². The highest BCUT2D eigenvalue weighted by molar-refractivity contribution is 8.01. The fourth-order valence-electron chi connectivity index (χ4n) is 2.78. The molecule has 1 fully saturated rings. The number of rotatable bonds is 6. The first-order chi connectivity index (χ1) is 12.5. The van der Waals surface area contributed by atoms with Crippen molar-refractivity contribution >= 4 is 45.7 Å². The normalized spacial score (nSPS) is 15.0. The predicted molar refractivity (Wildman–Crippen MR) is 104 cm³/mol. The molecule has 2 amide bonds. The Morgan fingerprint density at radius 1 is 1.31 bits per heavy atom.